The second-order valence-corrected chi connectivity index (χ2v) is 5.31. The molecule has 4 heteroatoms. The van der Waals surface area contributed by atoms with Gasteiger partial charge in [0.15, 0.2) is 0 Å². The molecule has 100 valence electrons. The van der Waals surface area contributed by atoms with E-state index in [1.165, 1.54) is 4.90 Å². The van der Waals surface area contributed by atoms with E-state index in [1.807, 2.05) is 19.9 Å². The Morgan fingerprint density at radius 3 is 2.00 bits per heavy atom. The standard InChI is InChI=1S/C16H12ClNO2/c1-9-7-10(2)14(13(17)8-9)18-15(19)11-5-3-4-6-12(11)16(18)20/h3-8H,1-2H3. The molecule has 0 atom stereocenters. The van der Waals surface area contributed by atoms with Crippen LogP contribution in [0.3, 0.4) is 0 Å². The topological polar surface area (TPSA) is 37.4 Å². The van der Waals surface area contributed by atoms with Crippen molar-refractivity contribution in [3.05, 3.63) is 63.7 Å². The van der Waals surface area contributed by atoms with Crippen molar-refractivity contribution in [2.45, 2.75) is 13.8 Å². The van der Waals surface area contributed by atoms with Gasteiger partial charge in [0, 0.05) is 0 Å². The molecule has 3 rings (SSSR count). The smallest absolute Gasteiger partial charge is 0.266 e. The lowest BCUT2D eigenvalue weighted by atomic mass is 10.1. The first-order valence-corrected chi connectivity index (χ1v) is 6.63. The number of amides is 2. The molecule has 0 fully saturated rings. The quantitative estimate of drug-likeness (QED) is 0.748. The number of hydrogen-bond donors (Lipinski definition) is 0. The van der Waals surface area contributed by atoms with Gasteiger partial charge in [-0.05, 0) is 43.2 Å². The van der Waals surface area contributed by atoms with Gasteiger partial charge in [-0.15, -0.1) is 0 Å². The molecule has 0 unspecified atom stereocenters. The van der Waals surface area contributed by atoms with Gasteiger partial charge in [0.25, 0.3) is 11.8 Å². The van der Waals surface area contributed by atoms with Gasteiger partial charge in [-0.3, -0.25) is 9.59 Å². The molecule has 3 nitrogen and oxygen atoms in total. The molecule has 0 saturated carbocycles. The molecule has 0 N–H and O–H groups in total. The number of benzene rings is 2. The number of carbonyl (C=O) groups is 2. The van der Waals surface area contributed by atoms with Crippen LogP contribution in [-0.4, -0.2) is 11.8 Å². The minimum absolute atomic E-state index is 0.320. The highest BCUT2D eigenvalue weighted by atomic mass is 35.5. The highest BCUT2D eigenvalue weighted by Crippen LogP contribution is 2.36. The monoisotopic (exact) mass is 285 g/mol. The molecule has 20 heavy (non-hydrogen) atoms. The van der Waals surface area contributed by atoms with Crippen LogP contribution in [0.5, 0.6) is 0 Å². The summed E-state index contributed by atoms with van der Waals surface area (Å²) in [6.45, 7) is 3.77. The van der Waals surface area contributed by atoms with E-state index in [4.69, 9.17) is 11.6 Å². The third-order valence-corrected chi connectivity index (χ3v) is 3.70. The van der Waals surface area contributed by atoms with E-state index in [9.17, 15) is 9.59 Å². The molecule has 0 saturated heterocycles. The second-order valence-electron chi connectivity index (χ2n) is 4.90. The molecule has 0 bridgehead atoms. The van der Waals surface area contributed by atoms with Gasteiger partial charge in [-0.1, -0.05) is 29.8 Å². The molecule has 1 heterocycles. The molecule has 0 radical (unpaired) electrons. The van der Waals surface area contributed by atoms with Gasteiger partial charge in [0.1, 0.15) is 0 Å². The molecule has 2 aromatic carbocycles. The van der Waals surface area contributed by atoms with Gasteiger partial charge in [-0.2, -0.15) is 0 Å². The zero-order valence-electron chi connectivity index (χ0n) is 11.1. The van der Waals surface area contributed by atoms with E-state index in [2.05, 4.69) is 0 Å². The van der Waals surface area contributed by atoms with Gasteiger partial charge in [0.2, 0.25) is 0 Å². The zero-order chi connectivity index (χ0) is 14.4. The molecule has 1 aliphatic heterocycles. The first kappa shape index (κ1) is 12.9. The molecule has 2 amide bonds. The summed E-state index contributed by atoms with van der Waals surface area (Å²) in [6, 6.07) is 10.5. The highest BCUT2D eigenvalue weighted by Gasteiger charge is 2.37. The molecule has 2 aromatic rings. The number of fused-ring (bicyclic) bond motifs is 1. The van der Waals surface area contributed by atoms with Gasteiger partial charge in [0.05, 0.1) is 21.8 Å². The number of aryl methyl sites for hydroxylation is 2. The summed E-state index contributed by atoms with van der Waals surface area (Å²) in [5, 5.41) is 0.414. The largest absolute Gasteiger partial charge is 0.268 e. The van der Waals surface area contributed by atoms with Crippen LogP contribution in [0.1, 0.15) is 31.8 Å². The van der Waals surface area contributed by atoms with E-state index in [0.717, 1.165) is 11.1 Å². The Morgan fingerprint density at radius 1 is 0.950 bits per heavy atom. The summed E-state index contributed by atoms with van der Waals surface area (Å²) in [7, 11) is 0. The van der Waals surface area contributed by atoms with Crippen molar-refractivity contribution < 1.29 is 9.59 Å². The van der Waals surface area contributed by atoms with Crippen LogP contribution in [0.4, 0.5) is 5.69 Å². The van der Waals surface area contributed by atoms with Crippen molar-refractivity contribution in [1.29, 1.82) is 0 Å². The van der Waals surface area contributed by atoms with Crippen LogP contribution < -0.4 is 4.90 Å². The lowest BCUT2D eigenvalue weighted by Crippen LogP contribution is -2.30. The molecule has 0 aromatic heterocycles. The Bertz CT molecular complexity index is 694. The van der Waals surface area contributed by atoms with Crippen LogP contribution in [0, 0.1) is 13.8 Å². The predicted molar refractivity (Wildman–Crippen MR) is 78.5 cm³/mol. The Kier molecular flexibility index (Phi) is 2.87. The normalized spacial score (nSPS) is 13.8. The summed E-state index contributed by atoms with van der Waals surface area (Å²) in [5.41, 5.74) is 3.13. The summed E-state index contributed by atoms with van der Waals surface area (Å²) in [4.78, 5) is 26.1. The highest BCUT2D eigenvalue weighted by molar-refractivity contribution is 6.40. The first-order chi connectivity index (χ1) is 9.50. The van der Waals surface area contributed by atoms with Crippen molar-refractivity contribution in [2.75, 3.05) is 4.90 Å². The summed E-state index contributed by atoms with van der Waals surface area (Å²) in [6.07, 6.45) is 0. The lowest BCUT2D eigenvalue weighted by molar-refractivity contribution is 0.0926. The molecule has 0 aliphatic carbocycles. The Morgan fingerprint density at radius 2 is 1.50 bits per heavy atom. The fraction of sp³-hybridized carbons (Fsp3) is 0.125. The van der Waals surface area contributed by atoms with E-state index >= 15 is 0 Å². The molecular formula is C16H12ClNO2. The maximum atomic E-state index is 12.4. The molecular weight excluding hydrogens is 274 g/mol. The average Bonchev–Trinajstić information content (AvgIpc) is 2.64. The predicted octanol–water partition coefficient (Wildman–Crippen LogP) is 3.76. The minimum Gasteiger partial charge on any atom is -0.268 e. The Labute approximate surface area is 121 Å². The van der Waals surface area contributed by atoms with Crippen LogP contribution >= 0.6 is 11.6 Å². The fourth-order valence-corrected chi connectivity index (χ4v) is 2.99. The maximum Gasteiger partial charge on any atom is 0.266 e. The van der Waals surface area contributed by atoms with E-state index in [1.54, 1.807) is 30.3 Å². The van der Waals surface area contributed by atoms with Crippen LogP contribution in [0.2, 0.25) is 5.02 Å². The van der Waals surface area contributed by atoms with E-state index < -0.39 is 0 Å². The van der Waals surface area contributed by atoms with Gasteiger partial charge < -0.3 is 0 Å². The third-order valence-electron chi connectivity index (χ3n) is 3.42. The van der Waals surface area contributed by atoms with Gasteiger partial charge >= 0.3 is 0 Å². The summed E-state index contributed by atoms with van der Waals surface area (Å²) < 4.78 is 0. The summed E-state index contributed by atoms with van der Waals surface area (Å²) in [5.74, 6) is -0.640. The first-order valence-electron chi connectivity index (χ1n) is 6.25. The third kappa shape index (κ3) is 1.74. The maximum absolute atomic E-state index is 12.4. The van der Waals surface area contributed by atoms with Crippen molar-refractivity contribution in [3.8, 4) is 0 Å². The lowest BCUT2D eigenvalue weighted by Gasteiger charge is -2.18. The Balaban J connectivity index is 2.19. The number of halogens is 1. The van der Waals surface area contributed by atoms with Crippen LogP contribution in [0.15, 0.2) is 36.4 Å². The van der Waals surface area contributed by atoms with Gasteiger partial charge in [-0.25, -0.2) is 4.90 Å². The number of imide groups is 1. The van der Waals surface area contributed by atoms with Crippen molar-refractivity contribution >= 4 is 29.1 Å². The van der Waals surface area contributed by atoms with Crippen molar-refractivity contribution in [2.24, 2.45) is 0 Å². The SMILES string of the molecule is Cc1cc(C)c(N2C(=O)c3ccccc3C2=O)c(Cl)c1. The second kappa shape index (κ2) is 4.46. The van der Waals surface area contributed by atoms with Crippen molar-refractivity contribution in [3.63, 3.8) is 0 Å². The Hall–Kier alpha value is -2.13. The number of carbonyl (C=O) groups excluding carboxylic acids is 2. The number of anilines is 1. The number of hydrogen-bond acceptors (Lipinski definition) is 2. The number of nitrogens with zero attached hydrogens (tertiary/aromatic N) is 1. The zero-order valence-corrected chi connectivity index (χ0v) is 11.9. The van der Waals surface area contributed by atoms with Crippen LogP contribution in [0.25, 0.3) is 0 Å². The average molecular weight is 286 g/mol. The van der Waals surface area contributed by atoms with E-state index in [-0.39, 0.29) is 11.8 Å². The van der Waals surface area contributed by atoms with Crippen LogP contribution in [-0.2, 0) is 0 Å². The number of rotatable bonds is 1. The fourth-order valence-electron chi connectivity index (χ4n) is 2.58. The minimum atomic E-state index is -0.320. The van der Waals surface area contributed by atoms with Crippen molar-refractivity contribution in [1.82, 2.24) is 0 Å². The summed E-state index contributed by atoms with van der Waals surface area (Å²) >= 11 is 6.24. The molecule has 1 aliphatic rings. The molecule has 0 spiro atoms. The van der Waals surface area contributed by atoms with E-state index in [0.29, 0.717) is 21.8 Å².